The highest BCUT2D eigenvalue weighted by atomic mass is 16.5. The van der Waals surface area contributed by atoms with Crippen LogP contribution in [0.1, 0.15) is 48.0 Å². The minimum Gasteiger partial charge on any atom is -0.497 e. The normalized spacial score (nSPS) is 25.0. The molecule has 2 aromatic rings. The average Bonchev–Trinajstić information content (AvgIpc) is 2.70. The van der Waals surface area contributed by atoms with Crippen LogP contribution in [0.15, 0.2) is 54.6 Å². The third kappa shape index (κ3) is 4.16. The molecule has 1 N–H and O–H groups in total. The first-order valence-electron chi connectivity index (χ1n) is 9.97. The monoisotopic (exact) mass is 364 g/mol. The number of hydrogen-bond donors (Lipinski definition) is 1. The molecule has 2 heterocycles. The van der Waals surface area contributed by atoms with Gasteiger partial charge in [0.1, 0.15) is 5.75 Å². The van der Waals surface area contributed by atoms with Crippen molar-refractivity contribution in [2.45, 2.75) is 56.8 Å². The van der Waals surface area contributed by atoms with Crippen LogP contribution in [0.25, 0.3) is 0 Å². The molecule has 2 atom stereocenters. The van der Waals surface area contributed by atoms with Gasteiger partial charge in [0.25, 0.3) is 5.91 Å². The Morgan fingerprint density at radius 2 is 1.70 bits per heavy atom. The van der Waals surface area contributed by atoms with E-state index in [0.29, 0.717) is 12.1 Å². The molecule has 0 radical (unpaired) electrons. The number of hydrogen-bond acceptors (Lipinski definition) is 3. The SMILES string of the molecule is COc1ccc(CN2[C@@H]3CCC[C@@H]2CC(NC(=O)c2ccccc2)C3)cc1. The van der Waals surface area contributed by atoms with E-state index in [2.05, 4.69) is 22.3 Å². The lowest BCUT2D eigenvalue weighted by Crippen LogP contribution is -2.56. The number of nitrogens with one attached hydrogen (secondary N) is 1. The van der Waals surface area contributed by atoms with Crippen LogP contribution in [0.2, 0.25) is 0 Å². The fourth-order valence-corrected chi connectivity index (χ4v) is 4.65. The summed E-state index contributed by atoms with van der Waals surface area (Å²) in [5, 5.41) is 3.28. The summed E-state index contributed by atoms with van der Waals surface area (Å²) in [4.78, 5) is 15.2. The number of benzene rings is 2. The molecule has 27 heavy (non-hydrogen) atoms. The van der Waals surface area contributed by atoms with Gasteiger partial charge < -0.3 is 10.1 Å². The van der Waals surface area contributed by atoms with Gasteiger partial charge in [0, 0.05) is 30.2 Å². The first-order valence-corrected chi connectivity index (χ1v) is 9.97. The number of nitrogens with zero attached hydrogens (tertiary/aromatic N) is 1. The number of carbonyl (C=O) groups excluding carboxylic acids is 1. The van der Waals surface area contributed by atoms with Gasteiger partial charge in [-0.1, -0.05) is 36.8 Å². The standard InChI is InChI=1S/C23H28N2O2/c1-27-22-12-10-17(11-13-22)16-25-20-8-5-9-21(25)15-19(14-20)24-23(26)18-6-3-2-4-7-18/h2-4,6-7,10-13,19-21H,5,8-9,14-16H2,1H3,(H,24,26)/t20-,21-/m1/s1. The smallest absolute Gasteiger partial charge is 0.251 e. The van der Waals surface area contributed by atoms with E-state index in [0.717, 1.165) is 30.7 Å². The second-order valence-corrected chi connectivity index (χ2v) is 7.77. The van der Waals surface area contributed by atoms with E-state index in [4.69, 9.17) is 4.74 Å². The van der Waals surface area contributed by atoms with Gasteiger partial charge in [0.05, 0.1) is 7.11 Å². The lowest BCUT2D eigenvalue weighted by atomic mass is 9.81. The summed E-state index contributed by atoms with van der Waals surface area (Å²) in [6, 6.07) is 19.3. The summed E-state index contributed by atoms with van der Waals surface area (Å²) in [5.74, 6) is 0.962. The van der Waals surface area contributed by atoms with E-state index < -0.39 is 0 Å². The Morgan fingerprint density at radius 3 is 2.33 bits per heavy atom. The van der Waals surface area contributed by atoms with Gasteiger partial charge in [-0.2, -0.15) is 0 Å². The topological polar surface area (TPSA) is 41.6 Å². The van der Waals surface area contributed by atoms with Gasteiger partial charge in [-0.3, -0.25) is 9.69 Å². The van der Waals surface area contributed by atoms with Crippen molar-refractivity contribution >= 4 is 5.91 Å². The minimum absolute atomic E-state index is 0.0577. The van der Waals surface area contributed by atoms with Gasteiger partial charge in [0.2, 0.25) is 0 Å². The molecule has 0 aromatic heterocycles. The highest BCUT2D eigenvalue weighted by molar-refractivity contribution is 5.94. The van der Waals surface area contributed by atoms with E-state index in [-0.39, 0.29) is 11.9 Å². The molecule has 2 fully saturated rings. The Kier molecular flexibility index (Phi) is 5.44. The van der Waals surface area contributed by atoms with E-state index in [1.807, 2.05) is 42.5 Å². The predicted molar refractivity (Wildman–Crippen MR) is 107 cm³/mol. The third-order valence-electron chi connectivity index (χ3n) is 6.02. The van der Waals surface area contributed by atoms with Crippen molar-refractivity contribution < 1.29 is 9.53 Å². The highest BCUT2D eigenvalue weighted by Gasteiger charge is 2.38. The fraction of sp³-hybridized carbons (Fsp3) is 0.435. The molecule has 0 aliphatic carbocycles. The molecule has 2 bridgehead atoms. The van der Waals surface area contributed by atoms with Crippen LogP contribution in [0.3, 0.4) is 0 Å². The number of methoxy groups -OCH3 is 1. The lowest BCUT2D eigenvalue weighted by molar-refractivity contribution is 0.0177. The van der Waals surface area contributed by atoms with Gasteiger partial charge in [-0.05, 0) is 55.5 Å². The van der Waals surface area contributed by atoms with Crippen LogP contribution in [0, 0.1) is 0 Å². The van der Waals surface area contributed by atoms with Crippen LogP contribution < -0.4 is 10.1 Å². The summed E-state index contributed by atoms with van der Waals surface area (Å²) in [5.41, 5.74) is 2.09. The van der Waals surface area contributed by atoms with Crippen molar-refractivity contribution in [1.29, 1.82) is 0 Å². The molecule has 1 amide bonds. The van der Waals surface area contributed by atoms with Crippen molar-refractivity contribution in [2.24, 2.45) is 0 Å². The molecular formula is C23H28N2O2. The quantitative estimate of drug-likeness (QED) is 0.872. The average molecular weight is 364 g/mol. The molecule has 0 saturated carbocycles. The minimum atomic E-state index is 0.0577. The van der Waals surface area contributed by atoms with Crippen molar-refractivity contribution in [3.63, 3.8) is 0 Å². The summed E-state index contributed by atoms with van der Waals surface area (Å²) in [7, 11) is 1.70. The Bertz CT molecular complexity index is 746. The first-order chi connectivity index (χ1) is 13.2. The van der Waals surface area contributed by atoms with Crippen LogP contribution >= 0.6 is 0 Å². The number of piperidine rings is 2. The zero-order valence-electron chi connectivity index (χ0n) is 15.9. The maximum atomic E-state index is 12.5. The van der Waals surface area contributed by atoms with Gasteiger partial charge >= 0.3 is 0 Å². The van der Waals surface area contributed by atoms with Crippen LogP contribution in [-0.2, 0) is 6.54 Å². The van der Waals surface area contributed by atoms with Gasteiger partial charge in [-0.25, -0.2) is 0 Å². The largest absolute Gasteiger partial charge is 0.497 e. The number of amides is 1. The predicted octanol–water partition coefficient (Wildman–Crippen LogP) is 4.01. The Balaban J connectivity index is 1.40. The van der Waals surface area contributed by atoms with Crippen molar-refractivity contribution in [1.82, 2.24) is 10.2 Å². The van der Waals surface area contributed by atoms with E-state index in [1.165, 1.54) is 24.8 Å². The number of fused-ring (bicyclic) bond motifs is 2. The van der Waals surface area contributed by atoms with Crippen LogP contribution in [-0.4, -0.2) is 36.0 Å². The van der Waals surface area contributed by atoms with Crippen LogP contribution in [0.5, 0.6) is 5.75 Å². The second-order valence-electron chi connectivity index (χ2n) is 7.77. The number of carbonyl (C=O) groups is 1. The Hall–Kier alpha value is -2.33. The summed E-state index contributed by atoms with van der Waals surface area (Å²) >= 11 is 0. The van der Waals surface area contributed by atoms with Crippen molar-refractivity contribution in [3.05, 3.63) is 65.7 Å². The van der Waals surface area contributed by atoms with Gasteiger partial charge in [-0.15, -0.1) is 0 Å². The van der Waals surface area contributed by atoms with Crippen molar-refractivity contribution in [2.75, 3.05) is 7.11 Å². The third-order valence-corrected chi connectivity index (χ3v) is 6.02. The van der Waals surface area contributed by atoms with E-state index >= 15 is 0 Å². The summed E-state index contributed by atoms with van der Waals surface area (Å²) < 4.78 is 5.27. The fourth-order valence-electron chi connectivity index (χ4n) is 4.65. The van der Waals surface area contributed by atoms with E-state index in [9.17, 15) is 4.79 Å². The molecular weight excluding hydrogens is 336 g/mol. The molecule has 142 valence electrons. The Morgan fingerprint density at radius 1 is 1.04 bits per heavy atom. The number of rotatable bonds is 5. The molecule has 4 rings (SSSR count). The molecule has 2 aromatic carbocycles. The molecule has 4 heteroatoms. The van der Waals surface area contributed by atoms with Crippen LogP contribution in [0.4, 0.5) is 0 Å². The Labute approximate surface area is 161 Å². The lowest BCUT2D eigenvalue weighted by Gasteiger charge is -2.49. The second kappa shape index (κ2) is 8.13. The molecule has 4 nitrogen and oxygen atoms in total. The maximum absolute atomic E-state index is 12.5. The zero-order valence-corrected chi connectivity index (χ0v) is 15.9. The first kappa shape index (κ1) is 18.1. The number of ether oxygens (including phenoxy) is 1. The summed E-state index contributed by atoms with van der Waals surface area (Å²) in [6.45, 7) is 0.985. The molecule has 0 spiro atoms. The molecule has 2 saturated heterocycles. The molecule has 2 aliphatic heterocycles. The highest BCUT2D eigenvalue weighted by Crippen LogP contribution is 2.35. The van der Waals surface area contributed by atoms with E-state index in [1.54, 1.807) is 7.11 Å². The molecule has 0 unspecified atom stereocenters. The maximum Gasteiger partial charge on any atom is 0.251 e. The van der Waals surface area contributed by atoms with Crippen molar-refractivity contribution in [3.8, 4) is 5.75 Å². The molecule has 2 aliphatic rings. The zero-order chi connectivity index (χ0) is 18.6. The summed E-state index contributed by atoms with van der Waals surface area (Å²) in [6.07, 6.45) is 5.85. The van der Waals surface area contributed by atoms with Gasteiger partial charge in [0.15, 0.2) is 0 Å².